The van der Waals surface area contributed by atoms with E-state index >= 15 is 0 Å². The summed E-state index contributed by atoms with van der Waals surface area (Å²) in [5, 5.41) is 0. The van der Waals surface area contributed by atoms with E-state index in [9.17, 15) is 8.42 Å². The maximum absolute atomic E-state index is 12.4. The van der Waals surface area contributed by atoms with Crippen LogP contribution in [0.1, 0.15) is 12.5 Å². The van der Waals surface area contributed by atoms with Gasteiger partial charge >= 0.3 is 0 Å². The summed E-state index contributed by atoms with van der Waals surface area (Å²) in [5.41, 5.74) is 6.37. The lowest BCUT2D eigenvalue weighted by molar-refractivity contribution is -0.0486. The lowest BCUT2D eigenvalue weighted by Crippen LogP contribution is -2.51. The van der Waals surface area contributed by atoms with Gasteiger partial charge in [-0.2, -0.15) is 4.31 Å². The molecule has 1 aliphatic heterocycles. The minimum absolute atomic E-state index is 0.0256. The van der Waals surface area contributed by atoms with Crippen LogP contribution in [0, 0.1) is 0 Å². The fourth-order valence-electron chi connectivity index (χ4n) is 2.24. The van der Waals surface area contributed by atoms with Crippen molar-refractivity contribution >= 4 is 10.0 Å². The third-order valence-corrected chi connectivity index (χ3v) is 4.92. The monoisotopic (exact) mass is 284 g/mol. The van der Waals surface area contributed by atoms with Gasteiger partial charge in [-0.25, -0.2) is 8.42 Å². The van der Waals surface area contributed by atoms with Crippen molar-refractivity contribution in [3.63, 3.8) is 0 Å². The van der Waals surface area contributed by atoms with E-state index < -0.39 is 10.0 Å². The molecule has 1 heterocycles. The highest BCUT2D eigenvalue weighted by Gasteiger charge is 2.32. The molecule has 0 spiro atoms. The molecule has 0 aromatic heterocycles. The number of hydrogen-bond donors (Lipinski definition) is 1. The molecular weight excluding hydrogens is 264 g/mol. The first kappa shape index (κ1) is 14.5. The number of benzene rings is 1. The van der Waals surface area contributed by atoms with Gasteiger partial charge in [0, 0.05) is 19.6 Å². The smallest absolute Gasteiger partial charge is 0.218 e. The van der Waals surface area contributed by atoms with Crippen molar-refractivity contribution in [3.05, 3.63) is 35.9 Å². The molecule has 2 rings (SSSR count). The minimum atomic E-state index is -3.31. The molecule has 6 heteroatoms. The maximum atomic E-state index is 12.4. The first-order chi connectivity index (χ1) is 9.01. The van der Waals surface area contributed by atoms with Gasteiger partial charge in [0.2, 0.25) is 10.0 Å². The zero-order chi connectivity index (χ0) is 13.9. The van der Waals surface area contributed by atoms with E-state index in [1.807, 2.05) is 37.3 Å². The van der Waals surface area contributed by atoms with Crippen LogP contribution < -0.4 is 5.73 Å². The highest BCUT2D eigenvalue weighted by Crippen LogP contribution is 2.17. The summed E-state index contributed by atoms with van der Waals surface area (Å²) in [6.07, 6.45) is -0.331. The lowest BCUT2D eigenvalue weighted by atomic mass is 10.2. The Bertz CT molecular complexity index is 504. The van der Waals surface area contributed by atoms with E-state index in [1.54, 1.807) is 0 Å². The van der Waals surface area contributed by atoms with Gasteiger partial charge in [0.15, 0.2) is 0 Å². The van der Waals surface area contributed by atoms with E-state index in [0.29, 0.717) is 19.6 Å². The maximum Gasteiger partial charge on any atom is 0.218 e. The van der Waals surface area contributed by atoms with Crippen LogP contribution in [-0.4, -0.2) is 44.6 Å². The van der Waals surface area contributed by atoms with Gasteiger partial charge in [0.05, 0.1) is 18.0 Å². The summed E-state index contributed by atoms with van der Waals surface area (Å²) in [4.78, 5) is 0. The van der Waals surface area contributed by atoms with Crippen molar-refractivity contribution in [2.75, 3.05) is 19.6 Å². The van der Waals surface area contributed by atoms with Gasteiger partial charge in [0.1, 0.15) is 0 Å². The molecule has 1 aromatic carbocycles. The van der Waals surface area contributed by atoms with E-state index in [4.69, 9.17) is 10.5 Å². The topological polar surface area (TPSA) is 72.6 Å². The van der Waals surface area contributed by atoms with Gasteiger partial charge in [-0.1, -0.05) is 30.3 Å². The largest absolute Gasteiger partial charge is 0.371 e. The van der Waals surface area contributed by atoms with Gasteiger partial charge in [-0.3, -0.25) is 0 Å². The summed E-state index contributed by atoms with van der Waals surface area (Å²) in [7, 11) is -3.31. The Morgan fingerprint density at radius 3 is 2.63 bits per heavy atom. The summed E-state index contributed by atoms with van der Waals surface area (Å²) in [6.45, 7) is 2.94. The molecule has 106 valence electrons. The lowest BCUT2D eigenvalue weighted by Gasteiger charge is -2.35. The second-order valence-corrected chi connectivity index (χ2v) is 6.83. The van der Waals surface area contributed by atoms with E-state index in [-0.39, 0.29) is 18.0 Å². The number of hydrogen-bond acceptors (Lipinski definition) is 4. The minimum Gasteiger partial charge on any atom is -0.371 e. The molecule has 1 fully saturated rings. The normalized spacial score (nSPS) is 25.4. The SMILES string of the molecule is CC1CN(S(=O)(=O)Cc2ccccc2)CC(CN)O1. The summed E-state index contributed by atoms with van der Waals surface area (Å²) in [6, 6.07) is 9.20. The van der Waals surface area contributed by atoms with Gasteiger partial charge in [-0.15, -0.1) is 0 Å². The quantitative estimate of drug-likeness (QED) is 0.877. The fraction of sp³-hybridized carbons (Fsp3) is 0.538. The number of rotatable bonds is 4. The highest BCUT2D eigenvalue weighted by molar-refractivity contribution is 7.88. The average molecular weight is 284 g/mol. The van der Waals surface area contributed by atoms with Crippen molar-refractivity contribution in [2.45, 2.75) is 24.9 Å². The fourth-order valence-corrected chi connectivity index (χ4v) is 3.86. The molecular formula is C13H20N2O3S. The molecule has 0 saturated carbocycles. The number of morpholine rings is 1. The number of nitrogens with zero attached hydrogens (tertiary/aromatic N) is 1. The van der Waals surface area contributed by atoms with Crippen molar-refractivity contribution in [2.24, 2.45) is 5.73 Å². The first-order valence-electron chi connectivity index (χ1n) is 6.38. The average Bonchev–Trinajstić information content (AvgIpc) is 2.38. The van der Waals surface area contributed by atoms with Crippen LogP contribution in [0.25, 0.3) is 0 Å². The number of ether oxygens (including phenoxy) is 1. The molecule has 19 heavy (non-hydrogen) atoms. The molecule has 0 bridgehead atoms. The van der Waals surface area contributed by atoms with Crippen molar-refractivity contribution < 1.29 is 13.2 Å². The van der Waals surface area contributed by atoms with E-state index in [0.717, 1.165) is 5.56 Å². The second kappa shape index (κ2) is 6.00. The zero-order valence-corrected chi connectivity index (χ0v) is 11.8. The first-order valence-corrected chi connectivity index (χ1v) is 7.99. The molecule has 2 unspecified atom stereocenters. The Balaban J connectivity index is 2.11. The van der Waals surface area contributed by atoms with Crippen LogP contribution in [0.4, 0.5) is 0 Å². The van der Waals surface area contributed by atoms with Crippen molar-refractivity contribution in [1.82, 2.24) is 4.31 Å². The highest BCUT2D eigenvalue weighted by atomic mass is 32.2. The molecule has 5 nitrogen and oxygen atoms in total. The Labute approximate surface area is 114 Å². The molecule has 0 aliphatic carbocycles. The van der Waals surface area contributed by atoms with Crippen LogP contribution in [0.5, 0.6) is 0 Å². The van der Waals surface area contributed by atoms with Crippen molar-refractivity contribution in [1.29, 1.82) is 0 Å². The van der Waals surface area contributed by atoms with E-state index in [2.05, 4.69) is 0 Å². The third-order valence-electron chi connectivity index (χ3n) is 3.14. The van der Waals surface area contributed by atoms with Gasteiger partial charge in [-0.05, 0) is 12.5 Å². The predicted molar refractivity (Wildman–Crippen MR) is 74.0 cm³/mol. The summed E-state index contributed by atoms with van der Waals surface area (Å²) < 4.78 is 31.9. The summed E-state index contributed by atoms with van der Waals surface area (Å²) >= 11 is 0. The van der Waals surface area contributed by atoms with Gasteiger partial charge < -0.3 is 10.5 Å². The van der Waals surface area contributed by atoms with Crippen LogP contribution in [0.3, 0.4) is 0 Å². The summed E-state index contributed by atoms with van der Waals surface area (Å²) in [5.74, 6) is 0.0256. The molecule has 2 N–H and O–H groups in total. The Morgan fingerprint density at radius 2 is 2.00 bits per heavy atom. The molecule has 0 radical (unpaired) electrons. The molecule has 2 atom stereocenters. The number of sulfonamides is 1. The Hall–Kier alpha value is -0.950. The third kappa shape index (κ3) is 3.76. The van der Waals surface area contributed by atoms with Gasteiger partial charge in [0.25, 0.3) is 0 Å². The van der Waals surface area contributed by atoms with Crippen molar-refractivity contribution in [3.8, 4) is 0 Å². The standard InChI is InChI=1S/C13H20N2O3S/c1-11-8-15(9-13(7-14)18-11)19(16,17)10-12-5-3-2-4-6-12/h2-6,11,13H,7-10,14H2,1H3. The van der Waals surface area contributed by atoms with E-state index in [1.165, 1.54) is 4.31 Å². The Morgan fingerprint density at radius 1 is 1.32 bits per heavy atom. The molecule has 1 saturated heterocycles. The second-order valence-electron chi connectivity index (χ2n) is 4.86. The molecule has 1 aliphatic rings. The molecule has 0 amide bonds. The van der Waals surface area contributed by atoms with Crippen LogP contribution in [0.2, 0.25) is 0 Å². The predicted octanol–water partition coefficient (Wildman–Crippen LogP) is 0.564. The van der Waals surface area contributed by atoms with Crippen LogP contribution in [-0.2, 0) is 20.5 Å². The Kier molecular flexibility index (Phi) is 4.57. The molecule has 1 aromatic rings. The zero-order valence-electron chi connectivity index (χ0n) is 11.0. The van der Waals surface area contributed by atoms with Crippen LogP contribution in [0.15, 0.2) is 30.3 Å². The van der Waals surface area contributed by atoms with Crippen LogP contribution >= 0.6 is 0 Å². The number of nitrogens with two attached hydrogens (primary N) is 1.